The van der Waals surface area contributed by atoms with Crippen LogP contribution in [0.25, 0.3) is 0 Å². The van der Waals surface area contributed by atoms with Gasteiger partial charge in [0.2, 0.25) is 5.91 Å². The molecule has 0 aromatic heterocycles. The van der Waals surface area contributed by atoms with Crippen molar-refractivity contribution in [1.82, 2.24) is 0 Å². The zero-order chi connectivity index (χ0) is 23.0. The first-order valence-electron chi connectivity index (χ1n) is 10.1. The second kappa shape index (κ2) is 8.48. The molecule has 6 nitrogen and oxygen atoms in total. The maximum atomic E-state index is 13.9. The van der Waals surface area contributed by atoms with Crippen molar-refractivity contribution in [3.05, 3.63) is 83.9 Å². The molecule has 0 aliphatic carbocycles. The molecule has 32 heavy (non-hydrogen) atoms. The zero-order valence-corrected chi connectivity index (χ0v) is 19.6. The highest BCUT2D eigenvalue weighted by atomic mass is 35.5. The van der Waals surface area contributed by atoms with Crippen LogP contribution in [0.3, 0.4) is 0 Å². The second-order valence-corrected chi connectivity index (χ2v) is 9.94. The first kappa shape index (κ1) is 22.2. The average Bonchev–Trinajstić information content (AvgIpc) is 3.15. The monoisotopic (exact) mass is 469 g/mol. The lowest BCUT2D eigenvalue weighted by Gasteiger charge is -2.31. The molecule has 0 spiro atoms. The van der Waals surface area contributed by atoms with Gasteiger partial charge in [-0.25, -0.2) is 12.7 Å². The van der Waals surface area contributed by atoms with Gasteiger partial charge in [0.25, 0.3) is 10.0 Å². The molecular formula is C24H24ClN3O3S. The van der Waals surface area contributed by atoms with E-state index in [-0.39, 0.29) is 16.7 Å². The highest BCUT2D eigenvalue weighted by Gasteiger charge is 2.46. The number of anilines is 3. The van der Waals surface area contributed by atoms with E-state index in [2.05, 4.69) is 0 Å². The number of carbonyl (C=O) groups excluding carboxylic acids is 1. The normalized spacial score (nSPS) is 15.6. The summed E-state index contributed by atoms with van der Waals surface area (Å²) in [6, 6.07) is 21.2. The Morgan fingerprint density at radius 1 is 0.938 bits per heavy atom. The molecule has 4 rings (SSSR count). The first-order valence-corrected chi connectivity index (χ1v) is 12.1. The minimum atomic E-state index is -3.98. The average molecular weight is 470 g/mol. The molecule has 0 saturated heterocycles. The van der Waals surface area contributed by atoms with E-state index < -0.39 is 16.2 Å². The van der Waals surface area contributed by atoms with Gasteiger partial charge in [-0.05, 0) is 48.9 Å². The number of sulfonamides is 1. The van der Waals surface area contributed by atoms with E-state index in [4.69, 9.17) is 11.6 Å². The fourth-order valence-corrected chi connectivity index (χ4v) is 5.60. The Kier molecular flexibility index (Phi) is 5.88. The third-order valence-electron chi connectivity index (χ3n) is 5.51. The van der Waals surface area contributed by atoms with Crippen molar-refractivity contribution in [2.75, 3.05) is 34.1 Å². The Hall–Kier alpha value is -3.03. The standard InChI is InChI=1S/C24H24ClN3O3S/c1-17-8-14-20(15-9-17)32(30,31)28-22-7-5-4-6-21(22)27(23(29)16-25)24(28)18-10-12-19(13-11-18)26(2)3/h4-15,24H,16H2,1-3H3/t24-/m1/s1. The number of benzene rings is 3. The smallest absolute Gasteiger partial charge is 0.266 e. The first-order chi connectivity index (χ1) is 15.3. The molecule has 0 radical (unpaired) electrons. The molecule has 0 saturated carbocycles. The summed E-state index contributed by atoms with van der Waals surface area (Å²) in [6.07, 6.45) is -0.888. The lowest BCUT2D eigenvalue weighted by atomic mass is 10.1. The predicted octanol–water partition coefficient (Wildman–Crippen LogP) is 4.54. The summed E-state index contributed by atoms with van der Waals surface area (Å²) in [6.45, 7) is 1.90. The summed E-state index contributed by atoms with van der Waals surface area (Å²) >= 11 is 5.95. The SMILES string of the molecule is Cc1ccc(S(=O)(=O)N2c3ccccc3N(C(=O)CCl)[C@H]2c2ccc(N(C)C)cc2)cc1. The van der Waals surface area contributed by atoms with Crippen molar-refractivity contribution >= 4 is 44.6 Å². The van der Waals surface area contributed by atoms with Crippen molar-refractivity contribution in [1.29, 1.82) is 0 Å². The highest BCUT2D eigenvalue weighted by Crippen LogP contribution is 2.49. The number of halogens is 1. The van der Waals surface area contributed by atoms with Gasteiger partial charge >= 0.3 is 0 Å². The van der Waals surface area contributed by atoms with Gasteiger partial charge in [-0.2, -0.15) is 0 Å². The van der Waals surface area contributed by atoms with E-state index in [1.165, 1.54) is 9.21 Å². The topological polar surface area (TPSA) is 60.9 Å². The molecule has 1 atom stereocenters. The molecule has 166 valence electrons. The summed E-state index contributed by atoms with van der Waals surface area (Å²) in [5.74, 6) is -0.638. The Morgan fingerprint density at radius 2 is 1.53 bits per heavy atom. The zero-order valence-electron chi connectivity index (χ0n) is 18.1. The third kappa shape index (κ3) is 3.72. The van der Waals surface area contributed by atoms with Crippen LogP contribution < -0.4 is 14.1 Å². The van der Waals surface area contributed by atoms with Crippen LogP contribution >= 0.6 is 11.6 Å². The molecule has 3 aromatic carbocycles. The Labute approximate surface area is 193 Å². The van der Waals surface area contributed by atoms with Crippen LogP contribution in [0, 0.1) is 6.92 Å². The molecule has 8 heteroatoms. The fourth-order valence-electron chi connectivity index (χ4n) is 3.87. The summed E-state index contributed by atoms with van der Waals surface area (Å²) < 4.78 is 29.1. The maximum absolute atomic E-state index is 13.9. The predicted molar refractivity (Wildman–Crippen MR) is 129 cm³/mol. The Morgan fingerprint density at radius 3 is 2.09 bits per heavy atom. The van der Waals surface area contributed by atoms with Gasteiger partial charge in [-0.15, -0.1) is 11.6 Å². The van der Waals surface area contributed by atoms with Crippen molar-refractivity contribution in [2.45, 2.75) is 18.0 Å². The molecule has 0 N–H and O–H groups in total. The molecule has 1 aliphatic rings. The van der Waals surface area contributed by atoms with Crippen molar-refractivity contribution in [2.24, 2.45) is 0 Å². The molecule has 1 heterocycles. The largest absolute Gasteiger partial charge is 0.378 e. The molecule has 1 amide bonds. The van der Waals surface area contributed by atoms with Crippen LogP contribution in [0.1, 0.15) is 17.3 Å². The van der Waals surface area contributed by atoms with Gasteiger partial charge in [-0.3, -0.25) is 9.69 Å². The van der Waals surface area contributed by atoms with Crippen molar-refractivity contribution < 1.29 is 13.2 Å². The minimum absolute atomic E-state index is 0.160. The number of amides is 1. The number of hydrogen-bond acceptors (Lipinski definition) is 4. The van der Waals surface area contributed by atoms with Gasteiger partial charge in [0, 0.05) is 19.8 Å². The number of nitrogens with zero attached hydrogens (tertiary/aromatic N) is 3. The lowest BCUT2D eigenvalue weighted by molar-refractivity contribution is -0.116. The number of fused-ring (bicyclic) bond motifs is 1. The van der Waals surface area contributed by atoms with E-state index in [1.807, 2.05) is 50.2 Å². The number of para-hydroxylation sites is 2. The summed E-state index contributed by atoms with van der Waals surface area (Å²) in [7, 11) is -0.124. The van der Waals surface area contributed by atoms with E-state index in [0.29, 0.717) is 16.9 Å². The van der Waals surface area contributed by atoms with Crippen LogP contribution in [0.5, 0.6) is 0 Å². The van der Waals surface area contributed by atoms with E-state index in [9.17, 15) is 13.2 Å². The van der Waals surface area contributed by atoms with Crippen molar-refractivity contribution in [3.8, 4) is 0 Å². The molecule has 0 unspecified atom stereocenters. The van der Waals surface area contributed by atoms with Gasteiger partial charge in [-0.1, -0.05) is 42.0 Å². The lowest BCUT2D eigenvalue weighted by Crippen LogP contribution is -2.42. The Bertz CT molecular complexity index is 1240. The summed E-state index contributed by atoms with van der Waals surface area (Å²) in [5.41, 5.74) is 3.54. The number of carbonyl (C=O) groups is 1. The molecule has 0 fully saturated rings. The maximum Gasteiger partial charge on any atom is 0.266 e. The van der Waals surface area contributed by atoms with Crippen LogP contribution in [-0.4, -0.2) is 34.3 Å². The number of aryl methyl sites for hydroxylation is 1. The quantitative estimate of drug-likeness (QED) is 0.515. The van der Waals surface area contributed by atoms with Gasteiger partial charge in [0.1, 0.15) is 5.88 Å². The third-order valence-corrected chi connectivity index (χ3v) is 7.52. The van der Waals surface area contributed by atoms with Crippen LogP contribution in [0.4, 0.5) is 17.1 Å². The number of hydrogen-bond donors (Lipinski definition) is 0. The van der Waals surface area contributed by atoms with Crippen molar-refractivity contribution in [3.63, 3.8) is 0 Å². The summed E-state index contributed by atoms with van der Waals surface area (Å²) in [5, 5.41) is 0. The molecular weight excluding hydrogens is 446 g/mol. The number of rotatable bonds is 5. The van der Waals surface area contributed by atoms with Crippen LogP contribution in [0.15, 0.2) is 77.7 Å². The van der Waals surface area contributed by atoms with E-state index in [1.54, 1.807) is 48.5 Å². The van der Waals surface area contributed by atoms with Gasteiger partial charge < -0.3 is 4.90 Å². The van der Waals surface area contributed by atoms with Crippen LogP contribution in [-0.2, 0) is 14.8 Å². The molecule has 1 aliphatic heterocycles. The second-order valence-electron chi connectivity index (χ2n) is 7.86. The van der Waals surface area contributed by atoms with Crippen LogP contribution in [0.2, 0.25) is 0 Å². The highest BCUT2D eigenvalue weighted by molar-refractivity contribution is 7.92. The minimum Gasteiger partial charge on any atom is -0.378 e. The van der Waals surface area contributed by atoms with E-state index in [0.717, 1.165) is 11.3 Å². The Balaban J connectivity index is 1.93. The van der Waals surface area contributed by atoms with Gasteiger partial charge in [0.05, 0.1) is 16.3 Å². The fraction of sp³-hybridized carbons (Fsp3) is 0.208. The van der Waals surface area contributed by atoms with Gasteiger partial charge in [0.15, 0.2) is 6.17 Å². The van der Waals surface area contributed by atoms with E-state index >= 15 is 0 Å². The molecule has 0 bridgehead atoms. The molecule has 3 aromatic rings. The summed E-state index contributed by atoms with van der Waals surface area (Å²) in [4.78, 5) is 16.5. The number of alkyl halides is 1.